The largest absolute Gasteiger partial charge is 0.121 e. The minimum atomic E-state index is 0.196. The third-order valence-corrected chi connectivity index (χ3v) is 3.59. The normalized spacial score (nSPS) is 54.9. The lowest BCUT2D eigenvalue weighted by Gasteiger charge is -2.15. The van der Waals surface area contributed by atoms with Gasteiger partial charge in [-0.25, -0.2) is 0 Å². The highest BCUT2D eigenvalue weighted by Crippen LogP contribution is 2.44. The van der Waals surface area contributed by atoms with Gasteiger partial charge >= 0.3 is 0 Å². The van der Waals surface area contributed by atoms with E-state index < -0.39 is 0 Å². The topological polar surface area (TPSA) is 0 Å². The van der Waals surface area contributed by atoms with Gasteiger partial charge in [-0.3, -0.25) is 0 Å². The molecule has 2 rings (SSSR count). The molecule has 0 aromatic carbocycles. The van der Waals surface area contributed by atoms with E-state index in [9.17, 15) is 0 Å². The van der Waals surface area contributed by atoms with E-state index in [0.717, 1.165) is 0 Å². The Morgan fingerprint density at radius 3 is 1.67 bits per heavy atom. The van der Waals surface area contributed by atoms with Crippen LogP contribution in [-0.4, -0.2) is 10.8 Å². The van der Waals surface area contributed by atoms with E-state index in [2.05, 4.69) is 12.2 Å². The number of halogens is 2. The van der Waals surface area contributed by atoms with Gasteiger partial charge < -0.3 is 0 Å². The third-order valence-electron chi connectivity index (χ3n) is 2.27. The SMILES string of the molecule is Cl[C@@H]1[C@H](Cl)[C@@H]2C=C[C@H]1C2. The number of alkyl halides is 2. The minimum absolute atomic E-state index is 0.196. The van der Waals surface area contributed by atoms with Gasteiger partial charge in [-0.1, -0.05) is 12.2 Å². The van der Waals surface area contributed by atoms with Crippen LogP contribution in [0.2, 0.25) is 0 Å². The maximum Gasteiger partial charge on any atom is 0.0568 e. The summed E-state index contributed by atoms with van der Waals surface area (Å²) in [5, 5.41) is 0.392. The number of hydrogen-bond donors (Lipinski definition) is 0. The zero-order valence-corrected chi connectivity index (χ0v) is 6.44. The van der Waals surface area contributed by atoms with Crippen molar-refractivity contribution in [2.75, 3.05) is 0 Å². The highest BCUT2D eigenvalue weighted by atomic mass is 35.5. The summed E-state index contributed by atoms with van der Waals surface area (Å²) >= 11 is 12.0. The highest BCUT2D eigenvalue weighted by Gasteiger charge is 2.42. The summed E-state index contributed by atoms with van der Waals surface area (Å²) < 4.78 is 0. The zero-order chi connectivity index (χ0) is 6.43. The Morgan fingerprint density at radius 2 is 1.44 bits per heavy atom. The molecular weight excluding hydrogens is 155 g/mol. The molecule has 2 bridgehead atoms. The second-order valence-electron chi connectivity index (χ2n) is 2.84. The fourth-order valence-corrected chi connectivity index (χ4v) is 2.45. The van der Waals surface area contributed by atoms with E-state index in [1.807, 2.05) is 0 Å². The van der Waals surface area contributed by atoms with Gasteiger partial charge in [-0.05, 0) is 18.3 Å². The average molecular weight is 163 g/mol. The van der Waals surface area contributed by atoms with E-state index in [1.54, 1.807) is 0 Å². The van der Waals surface area contributed by atoms with Crippen LogP contribution in [0.25, 0.3) is 0 Å². The van der Waals surface area contributed by atoms with E-state index >= 15 is 0 Å². The molecule has 1 fully saturated rings. The van der Waals surface area contributed by atoms with E-state index in [0.29, 0.717) is 11.8 Å². The van der Waals surface area contributed by atoms with Crippen LogP contribution in [0.5, 0.6) is 0 Å². The van der Waals surface area contributed by atoms with Gasteiger partial charge in [0, 0.05) is 0 Å². The van der Waals surface area contributed by atoms with Crippen LogP contribution in [0.4, 0.5) is 0 Å². The molecular formula is C7H8Cl2. The van der Waals surface area contributed by atoms with Crippen molar-refractivity contribution in [3.63, 3.8) is 0 Å². The molecule has 0 amide bonds. The first-order valence-electron chi connectivity index (χ1n) is 3.25. The van der Waals surface area contributed by atoms with Crippen molar-refractivity contribution in [1.29, 1.82) is 0 Å². The van der Waals surface area contributed by atoms with Gasteiger partial charge in [0.25, 0.3) is 0 Å². The predicted molar refractivity (Wildman–Crippen MR) is 40.0 cm³/mol. The summed E-state index contributed by atoms with van der Waals surface area (Å²) in [6.45, 7) is 0. The van der Waals surface area contributed by atoms with Crippen molar-refractivity contribution >= 4 is 23.2 Å². The molecule has 2 aliphatic carbocycles. The highest BCUT2D eigenvalue weighted by molar-refractivity contribution is 6.31. The van der Waals surface area contributed by atoms with Gasteiger partial charge in [0.1, 0.15) is 0 Å². The Labute approximate surface area is 64.8 Å². The minimum Gasteiger partial charge on any atom is -0.121 e. The molecule has 9 heavy (non-hydrogen) atoms. The number of allylic oxidation sites excluding steroid dienone is 2. The molecule has 0 nitrogen and oxygen atoms in total. The van der Waals surface area contributed by atoms with E-state index in [1.165, 1.54) is 6.42 Å². The lowest BCUT2D eigenvalue weighted by Crippen LogP contribution is -2.19. The van der Waals surface area contributed by atoms with Crippen molar-refractivity contribution in [3.05, 3.63) is 12.2 Å². The summed E-state index contributed by atoms with van der Waals surface area (Å²) in [6, 6.07) is 0. The summed E-state index contributed by atoms with van der Waals surface area (Å²) in [6.07, 6.45) is 5.57. The molecule has 1 saturated carbocycles. The molecule has 0 heterocycles. The molecule has 0 radical (unpaired) electrons. The van der Waals surface area contributed by atoms with Crippen LogP contribution in [0.1, 0.15) is 6.42 Å². The molecule has 2 heteroatoms. The standard InChI is InChI=1S/C7H8Cl2/c8-6-4-1-2-5(3-4)7(6)9/h1-2,4-7H,3H2/t4-,5+,6-,7+. The fraction of sp³-hybridized carbons (Fsp3) is 0.714. The Morgan fingerprint density at radius 1 is 1.00 bits per heavy atom. The molecule has 0 saturated heterocycles. The number of fused-ring (bicyclic) bond motifs is 2. The summed E-state index contributed by atoms with van der Waals surface area (Å²) in [5.41, 5.74) is 0. The summed E-state index contributed by atoms with van der Waals surface area (Å²) in [4.78, 5) is 0. The van der Waals surface area contributed by atoms with Crippen molar-refractivity contribution in [3.8, 4) is 0 Å². The molecule has 0 spiro atoms. The summed E-state index contributed by atoms with van der Waals surface area (Å²) in [5.74, 6) is 1.14. The molecule has 50 valence electrons. The molecule has 0 aliphatic heterocycles. The molecule has 0 N–H and O–H groups in total. The Balaban J connectivity index is 2.26. The Kier molecular flexibility index (Phi) is 1.28. The summed E-state index contributed by atoms with van der Waals surface area (Å²) in [7, 11) is 0. The van der Waals surface area contributed by atoms with Gasteiger partial charge in [0.05, 0.1) is 10.8 Å². The lowest BCUT2D eigenvalue weighted by atomic mass is 10.1. The van der Waals surface area contributed by atoms with Gasteiger partial charge in [0.15, 0.2) is 0 Å². The third kappa shape index (κ3) is 0.731. The monoisotopic (exact) mass is 162 g/mol. The van der Waals surface area contributed by atoms with Crippen molar-refractivity contribution < 1.29 is 0 Å². The smallest absolute Gasteiger partial charge is 0.0568 e. The first-order valence-corrected chi connectivity index (χ1v) is 4.13. The van der Waals surface area contributed by atoms with Crippen LogP contribution in [0, 0.1) is 11.8 Å². The Bertz CT molecular complexity index is 137. The van der Waals surface area contributed by atoms with Gasteiger partial charge in [0.2, 0.25) is 0 Å². The first kappa shape index (κ1) is 6.06. The first-order chi connectivity index (χ1) is 4.29. The van der Waals surface area contributed by atoms with Crippen LogP contribution in [0.3, 0.4) is 0 Å². The van der Waals surface area contributed by atoms with Crippen LogP contribution >= 0.6 is 23.2 Å². The number of rotatable bonds is 0. The maximum absolute atomic E-state index is 5.98. The van der Waals surface area contributed by atoms with Crippen molar-refractivity contribution in [2.24, 2.45) is 11.8 Å². The Hall–Kier alpha value is 0.320. The molecule has 4 atom stereocenters. The lowest BCUT2D eigenvalue weighted by molar-refractivity contribution is 0.694. The van der Waals surface area contributed by atoms with Crippen molar-refractivity contribution in [1.82, 2.24) is 0 Å². The second kappa shape index (κ2) is 1.90. The quantitative estimate of drug-likeness (QED) is 0.380. The maximum atomic E-state index is 5.98. The van der Waals surface area contributed by atoms with E-state index in [-0.39, 0.29) is 10.8 Å². The van der Waals surface area contributed by atoms with Crippen LogP contribution < -0.4 is 0 Å². The van der Waals surface area contributed by atoms with E-state index in [4.69, 9.17) is 23.2 Å². The zero-order valence-electron chi connectivity index (χ0n) is 4.93. The van der Waals surface area contributed by atoms with Crippen molar-refractivity contribution in [2.45, 2.75) is 17.2 Å². The molecule has 0 aromatic heterocycles. The molecule has 0 aromatic rings. The predicted octanol–water partition coefficient (Wildman–Crippen LogP) is 2.41. The fourth-order valence-electron chi connectivity index (χ4n) is 1.70. The number of hydrogen-bond acceptors (Lipinski definition) is 0. The van der Waals surface area contributed by atoms with Gasteiger partial charge in [-0.15, -0.1) is 23.2 Å². The molecule has 2 aliphatic rings. The van der Waals surface area contributed by atoms with Crippen LogP contribution in [-0.2, 0) is 0 Å². The van der Waals surface area contributed by atoms with Crippen LogP contribution in [0.15, 0.2) is 12.2 Å². The second-order valence-corrected chi connectivity index (χ2v) is 3.85. The molecule has 0 unspecified atom stereocenters. The van der Waals surface area contributed by atoms with Gasteiger partial charge in [-0.2, -0.15) is 0 Å². The average Bonchev–Trinajstić information content (AvgIpc) is 2.37.